The Morgan fingerprint density at radius 1 is 1.33 bits per heavy atom. The Morgan fingerprint density at radius 2 is 2.19 bits per heavy atom. The molecule has 1 heterocycles. The van der Waals surface area contributed by atoms with Crippen LogP contribution in [0.1, 0.15) is 61.0 Å². The van der Waals surface area contributed by atoms with Gasteiger partial charge in [0, 0.05) is 6.54 Å². The lowest BCUT2D eigenvalue weighted by molar-refractivity contribution is 0.0428. The number of hydrogen-bond donors (Lipinski definition) is 1. The van der Waals surface area contributed by atoms with Crippen LogP contribution >= 0.6 is 0 Å². The van der Waals surface area contributed by atoms with Gasteiger partial charge in [-0.15, -0.1) is 0 Å². The van der Waals surface area contributed by atoms with E-state index < -0.39 is 0 Å². The molecule has 3 nitrogen and oxygen atoms in total. The SMILES string of the molecule is CCCCC(CC)COC(=O)c1ccc2c(c1)CNCC2. The van der Waals surface area contributed by atoms with Crippen molar-refractivity contribution in [2.24, 2.45) is 5.92 Å². The summed E-state index contributed by atoms with van der Waals surface area (Å²) in [6.07, 6.45) is 5.66. The van der Waals surface area contributed by atoms with E-state index in [0.29, 0.717) is 18.1 Å². The number of esters is 1. The van der Waals surface area contributed by atoms with E-state index in [0.717, 1.165) is 32.4 Å². The van der Waals surface area contributed by atoms with E-state index in [4.69, 9.17) is 4.74 Å². The fourth-order valence-electron chi connectivity index (χ4n) is 2.78. The van der Waals surface area contributed by atoms with Crippen molar-refractivity contribution in [2.45, 2.75) is 52.5 Å². The number of ether oxygens (including phenoxy) is 1. The van der Waals surface area contributed by atoms with Gasteiger partial charge in [0.25, 0.3) is 0 Å². The van der Waals surface area contributed by atoms with Crippen molar-refractivity contribution in [3.8, 4) is 0 Å². The Bertz CT molecular complexity index is 470. The largest absolute Gasteiger partial charge is 0.462 e. The molecule has 2 rings (SSSR count). The predicted octanol–water partition coefficient (Wildman–Crippen LogP) is 3.71. The Hall–Kier alpha value is -1.35. The monoisotopic (exact) mass is 289 g/mol. The number of fused-ring (bicyclic) bond motifs is 1. The Balaban J connectivity index is 1.90. The normalized spacial score (nSPS) is 15.3. The zero-order valence-electron chi connectivity index (χ0n) is 13.3. The molecule has 116 valence electrons. The molecule has 0 bridgehead atoms. The van der Waals surface area contributed by atoms with Gasteiger partial charge in [-0.3, -0.25) is 0 Å². The third-order valence-electron chi connectivity index (χ3n) is 4.32. The number of carbonyl (C=O) groups is 1. The van der Waals surface area contributed by atoms with Crippen molar-refractivity contribution in [1.29, 1.82) is 0 Å². The highest BCUT2D eigenvalue weighted by molar-refractivity contribution is 5.89. The molecule has 1 atom stereocenters. The Labute approximate surface area is 128 Å². The van der Waals surface area contributed by atoms with Gasteiger partial charge in [-0.25, -0.2) is 4.79 Å². The van der Waals surface area contributed by atoms with Crippen molar-refractivity contribution in [2.75, 3.05) is 13.2 Å². The van der Waals surface area contributed by atoms with Gasteiger partial charge in [-0.1, -0.05) is 39.2 Å². The summed E-state index contributed by atoms with van der Waals surface area (Å²) in [4.78, 5) is 12.2. The summed E-state index contributed by atoms with van der Waals surface area (Å²) >= 11 is 0. The molecule has 0 saturated heterocycles. The van der Waals surface area contributed by atoms with E-state index in [2.05, 4.69) is 25.2 Å². The highest BCUT2D eigenvalue weighted by Gasteiger charge is 2.15. The molecule has 1 aliphatic heterocycles. The van der Waals surface area contributed by atoms with E-state index in [1.165, 1.54) is 24.0 Å². The summed E-state index contributed by atoms with van der Waals surface area (Å²) < 4.78 is 5.51. The Morgan fingerprint density at radius 3 is 2.95 bits per heavy atom. The van der Waals surface area contributed by atoms with Crippen molar-refractivity contribution in [1.82, 2.24) is 5.32 Å². The molecule has 0 aromatic heterocycles. The molecule has 21 heavy (non-hydrogen) atoms. The predicted molar refractivity (Wildman–Crippen MR) is 85.4 cm³/mol. The zero-order chi connectivity index (χ0) is 15.1. The molecule has 0 fully saturated rings. The standard InChI is InChI=1S/C18H27NO2/c1-3-5-6-14(4-2)13-21-18(20)16-8-7-15-9-10-19-12-17(15)11-16/h7-8,11,14,19H,3-6,9-10,12-13H2,1-2H3. The molecule has 0 amide bonds. The van der Waals surface area contributed by atoms with Crippen molar-refractivity contribution in [3.05, 3.63) is 34.9 Å². The highest BCUT2D eigenvalue weighted by Crippen LogP contribution is 2.18. The number of carbonyl (C=O) groups excluding carboxylic acids is 1. The maximum absolute atomic E-state index is 12.2. The molecule has 3 heteroatoms. The molecule has 0 saturated carbocycles. The van der Waals surface area contributed by atoms with Crippen molar-refractivity contribution in [3.63, 3.8) is 0 Å². The van der Waals surface area contributed by atoms with Crippen LogP contribution in [0, 0.1) is 5.92 Å². The van der Waals surface area contributed by atoms with Crippen LogP contribution < -0.4 is 5.32 Å². The number of benzene rings is 1. The third kappa shape index (κ3) is 4.57. The first-order chi connectivity index (χ1) is 10.2. The molecule has 1 N–H and O–H groups in total. The fraction of sp³-hybridized carbons (Fsp3) is 0.611. The summed E-state index contributed by atoms with van der Waals surface area (Å²) in [5, 5.41) is 3.34. The summed E-state index contributed by atoms with van der Waals surface area (Å²) in [6, 6.07) is 5.96. The molecule has 1 unspecified atom stereocenters. The molecule has 0 spiro atoms. The highest BCUT2D eigenvalue weighted by atomic mass is 16.5. The molecule has 0 aliphatic carbocycles. The number of unbranched alkanes of at least 4 members (excludes halogenated alkanes) is 1. The van der Waals surface area contributed by atoms with Gasteiger partial charge >= 0.3 is 5.97 Å². The van der Waals surface area contributed by atoms with Gasteiger partial charge in [0.2, 0.25) is 0 Å². The van der Waals surface area contributed by atoms with Crippen LogP contribution in [-0.4, -0.2) is 19.1 Å². The van der Waals surface area contributed by atoms with Crippen LogP contribution in [0.4, 0.5) is 0 Å². The summed E-state index contributed by atoms with van der Waals surface area (Å²) in [5.41, 5.74) is 3.26. The summed E-state index contributed by atoms with van der Waals surface area (Å²) in [5.74, 6) is 0.312. The number of hydrogen-bond acceptors (Lipinski definition) is 3. The lowest BCUT2D eigenvalue weighted by Gasteiger charge is -2.18. The number of rotatable bonds is 7. The van der Waals surface area contributed by atoms with Crippen LogP contribution in [0.3, 0.4) is 0 Å². The minimum atomic E-state index is -0.182. The average Bonchev–Trinajstić information content (AvgIpc) is 2.54. The number of nitrogens with one attached hydrogen (secondary N) is 1. The quantitative estimate of drug-likeness (QED) is 0.778. The van der Waals surface area contributed by atoms with Gasteiger partial charge in [0.15, 0.2) is 0 Å². The lowest BCUT2D eigenvalue weighted by atomic mass is 9.98. The molecular weight excluding hydrogens is 262 g/mol. The van der Waals surface area contributed by atoms with Crippen LogP contribution in [0.15, 0.2) is 18.2 Å². The summed E-state index contributed by atoms with van der Waals surface area (Å²) in [6.45, 7) is 6.78. The second kappa shape index (κ2) is 8.18. The second-order valence-electron chi connectivity index (χ2n) is 5.93. The van der Waals surface area contributed by atoms with Gasteiger partial charge in [-0.05, 0) is 48.6 Å². The minimum Gasteiger partial charge on any atom is -0.462 e. The van der Waals surface area contributed by atoms with Crippen LogP contribution in [-0.2, 0) is 17.7 Å². The first-order valence-electron chi connectivity index (χ1n) is 8.24. The van der Waals surface area contributed by atoms with Crippen molar-refractivity contribution < 1.29 is 9.53 Å². The third-order valence-corrected chi connectivity index (χ3v) is 4.32. The maximum Gasteiger partial charge on any atom is 0.338 e. The first-order valence-corrected chi connectivity index (χ1v) is 8.24. The maximum atomic E-state index is 12.2. The molecule has 1 aliphatic rings. The Kier molecular flexibility index (Phi) is 6.24. The van der Waals surface area contributed by atoms with E-state index >= 15 is 0 Å². The molecule has 0 radical (unpaired) electrons. The topological polar surface area (TPSA) is 38.3 Å². The average molecular weight is 289 g/mol. The lowest BCUT2D eigenvalue weighted by Crippen LogP contribution is -2.24. The molecule has 1 aromatic rings. The van der Waals surface area contributed by atoms with Crippen LogP contribution in [0.2, 0.25) is 0 Å². The van der Waals surface area contributed by atoms with Gasteiger partial charge in [0.1, 0.15) is 0 Å². The fourth-order valence-corrected chi connectivity index (χ4v) is 2.78. The van der Waals surface area contributed by atoms with Crippen LogP contribution in [0.25, 0.3) is 0 Å². The summed E-state index contributed by atoms with van der Waals surface area (Å²) in [7, 11) is 0. The van der Waals surface area contributed by atoms with E-state index in [1.807, 2.05) is 12.1 Å². The van der Waals surface area contributed by atoms with Gasteiger partial charge in [0.05, 0.1) is 12.2 Å². The minimum absolute atomic E-state index is 0.182. The molecule has 1 aromatic carbocycles. The van der Waals surface area contributed by atoms with E-state index in [-0.39, 0.29) is 5.97 Å². The van der Waals surface area contributed by atoms with E-state index in [1.54, 1.807) is 0 Å². The smallest absolute Gasteiger partial charge is 0.338 e. The first kappa shape index (κ1) is 16.0. The van der Waals surface area contributed by atoms with E-state index in [9.17, 15) is 4.79 Å². The zero-order valence-corrected chi connectivity index (χ0v) is 13.3. The van der Waals surface area contributed by atoms with Gasteiger partial charge < -0.3 is 10.1 Å². The van der Waals surface area contributed by atoms with Crippen LogP contribution in [0.5, 0.6) is 0 Å². The van der Waals surface area contributed by atoms with Gasteiger partial charge in [-0.2, -0.15) is 0 Å². The second-order valence-corrected chi connectivity index (χ2v) is 5.93. The molecular formula is C18H27NO2. The van der Waals surface area contributed by atoms with Crippen molar-refractivity contribution >= 4 is 5.97 Å².